The van der Waals surface area contributed by atoms with Gasteiger partial charge in [-0.25, -0.2) is 4.79 Å². The second-order valence-electron chi connectivity index (χ2n) is 4.30. The lowest BCUT2D eigenvalue weighted by atomic mass is 10.2. The number of carbonyl (C=O) groups excluding carboxylic acids is 2. The van der Waals surface area contributed by atoms with Gasteiger partial charge in [0.2, 0.25) is 0 Å². The van der Waals surface area contributed by atoms with Crippen molar-refractivity contribution in [3.8, 4) is 6.07 Å². The number of anilines is 1. The number of halogens is 1. The molecule has 0 saturated heterocycles. The van der Waals surface area contributed by atoms with Gasteiger partial charge in [0.1, 0.15) is 11.6 Å². The Morgan fingerprint density at radius 3 is 2.61 bits per heavy atom. The Bertz CT molecular complexity index is 623. The molecule has 122 valence electrons. The fourth-order valence-corrected chi connectivity index (χ4v) is 1.84. The molecule has 23 heavy (non-hydrogen) atoms. The van der Waals surface area contributed by atoms with Crippen molar-refractivity contribution >= 4 is 33.6 Å². The molecule has 0 aliphatic heterocycles. The summed E-state index contributed by atoms with van der Waals surface area (Å²) >= 11 is 3.29. The summed E-state index contributed by atoms with van der Waals surface area (Å²) in [5.41, 5.74) is 5.73. The predicted molar refractivity (Wildman–Crippen MR) is 89.3 cm³/mol. The average molecular weight is 381 g/mol. The van der Waals surface area contributed by atoms with E-state index < -0.39 is 12.0 Å². The van der Waals surface area contributed by atoms with Crippen molar-refractivity contribution in [1.29, 1.82) is 5.26 Å². The van der Waals surface area contributed by atoms with E-state index in [2.05, 4.69) is 21.2 Å². The van der Waals surface area contributed by atoms with Gasteiger partial charge in [0.15, 0.2) is 0 Å². The first-order valence-corrected chi connectivity index (χ1v) is 7.63. The summed E-state index contributed by atoms with van der Waals surface area (Å²) in [6, 6.07) is 8.64. The van der Waals surface area contributed by atoms with Crippen molar-refractivity contribution in [3.05, 3.63) is 40.5 Å². The van der Waals surface area contributed by atoms with Gasteiger partial charge in [-0.1, -0.05) is 15.9 Å². The molecule has 7 nitrogen and oxygen atoms in total. The van der Waals surface area contributed by atoms with E-state index in [4.69, 9.17) is 15.7 Å². The molecule has 0 saturated carbocycles. The lowest BCUT2D eigenvalue weighted by Crippen LogP contribution is -2.32. The molecule has 0 spiro atoms. The molecule has 1 aromatic carbocycles. The number of hydrogen-bond donors (Lipinski definition) is 2. The molecule has 8 heteroatoms. The van der Waals surface area contributed by atoms with E-state index in [-0.39, 0.29) is 25.3 Å². The fraction of sp³-hybridized carbons (Fsp3) is 0.267. The van der Waals surface area contributed by atoms with Crippen LogP contribution in [0.4, 0.5) is 10.5 Å². The molecule has 0 aromatic heterocycles. The molecule has 0 radical (unpaired) electrons. The zero-order chi connectivity index (χ0) is 17.2. The van der Waals surface area contributed by atoms with Crippen LogP contribution in [0.2, 0.25) is 0 Å². The van der Waals surface area contributed by atoms with Gasteiger partial charge in [0.25, 0.3) is 5.91 Å². The van der Waals surface area contributed by atoms with Crippen LogP contribution in [0.1, 0.15) is 6.92 Å². The first-order chi connectivity index (χ1) is 11.0. The van der Waals surface area contributed by atoms with Gasteiger partial charge in [0.05, 0.1) is 6.61 Å². The SMILES string of the molecule is CCOC(=O)N(/C=C(/C#N)C(=O)Nc1ccc(Br)cc1)CCN. The summed E-state index contributed by atoms with van der Waals surface area (Å²) in [4.78, 5) is 25.0. The van der Waals surface area contributed by atoms with Crippen molar-refractivity contribution in [2.75, 3.05) is 25.0 Å². The Hall–Kier alpha value is -2.37. The number of ether oxygens (including phenoxy) is 1. The summed E-state index contributed by atoms with van der Waals surface area (Å²) in [6.45, 7) is 2.15. The van der Waals surface area contributed by atoms with Crippen molar-refractivity contribution < 1.29 is 14.3 Å². The minimum absolute atomic E-state index is 0.135. The maximum absolute atomic E-state index is 12.1. The van der Waals surface area contributed by atoms with E-state index in [1.807, 2.05) is 0 Å². The van der Waals surface area contributed by atoms with E-state index in [1.165, 1.54) is 0 Å². The normalized spacial score (nSPS) is 10.6. The second kappa shape index (κ2) is 9.61. The van der Waals surface area contributed by atoms with Gasteiger partial charge < -0.3 is 15.8 Å². The fourth-order valence-electron chi connectivity index (χ4n) is 1.58. The standard InChI is InChI=1S/C15H17BrN4O3/c1-2-23-15(22)20(8-7-17)10-11(9-18)14(21)19-13-5-3-12(16)4-6-13/h3-6,10H,2,7-8,17H2,1H3,(H,19,21)/b11-10-. The van der Waals surface area contributed by atoms with Gasteiger partial charge in [-0.05, 0) is 31.2 Å². The lowest BCUT2D eigenvalue weighted by molar-refractivity contribution is -0.112. The van der Waals surface area contributed by atoms with Gasteiger partial charge in [-0.15, -0.1) is 0 Å². The van der Waals surface area contributed by atoms with Crippen LogP contribution >= 0.6 is 15.9 Å². The number of rotatable bonds is 6. The molecule has 3 N–H and O–H groups in total. The van der Waals surface area contributed by atoms with Gasteiger partial charge in [-0.3, -0.25) is 9.69 Å². The number of carbonyl (C=O) groups is 2. The van der Waals surface area contributed by atoms with Crippen LogP contribution in [-0.2, 0) is 9.53 Å². The number of hydrogen-bond acceptors (Lipinski definition) is 5. The van der Waals surface area contributed by atoms with Crippen LogP contribution in [0.15, 0.2) is 40.5 Å². The first kappa shape index (κ1) is 18.7. The molecule has 0 fully saturated rings. The van der Waals surface area contributed by atoms with E-state index >= 15 is 0 Å². The largest absolute Gasteiger partial charge is 0.449 e. The van der Waals surface area contributed by atoms with Gasteiger partial charge in [0, 0.05) is 29.4 Å². The van der Waals surface area contributed by atoms with Crippen molar-refractivity contribution in [1.82, 2.24) is 4.90 Å². The number of nitrogens with one attached hydrogen (secondary N) is 1. The molecule has 0 aliphatic carbocycles. The number of nitrogens with two attached hydrogens (primary N) is 1. The third-order valence-corrected chi connectivity index (χ3v) is 3.15. The molecule has 0 aliphatic rings. The summed E-state index contributed by atoms with van der Waals surface area (Å²) in [7, 11) is 0. The number of nitriles is 1. The lowest BCUT2D eigenvalue weighted by Gasteiger charge is -2.17. The zero-order valence-corrected chi connectivity index (χ0v) is 14.2. The Balaban J connectivity index is 2.90. The van der Waals surface area contributed by atoms with Crippen LogP contribution in [-0.4, -0.2) is 36.6 Å². The van der Waals surface area contributed by atoms with Crippen LogP contribution in [0, 0.1) is 11.3 Å². The highest BCUT2D eigenvalue weighted by Crippen LogP contribution is 2.15. The molecule has 0 bridgehead atoms. The smallest absolute Gasteiger partial charge is 0.413 e. The third kappa shape index (κ3) is 6.10. The first-order valence-electron chi connectivity index (χ1n) is 6.84. The number of benzene rings is 1. The average Bonchev–Trinajstić information content (AvgIpc) is 2.53. The predicted octanol–water partition coefficient (Wildman–Crippen LogP) is 2.21. The van der Waals surface area contributed by atoms with E-state index in [0.717, 1.165) is 15.6 Å². The summed E-state index contributed by atoms with van der Waals surface area (Å²) < 4.78 is 5.72. The summed E-state index contributed by atoms with van der Waals surface area (Å²) in [5.74, 6) is -0.624. The van der Waals surface area contributed by atoms with Gasteiger partial charge >= 0.3 is 6.09 Å². The molecule has 1 aromatic rings. The van der Waals surface area contributed by atoms with Crippen LogP contribution in [0.3, 0.4) is 0 Å². The summed E-state index contributed by atoms with van der Waals surface area (Å²) in [6.07, 6.45) is 0.473. The van der Waals surface area contributed by atoms with Crippen LogP contribution in [0.25, 0.3) is 0 Å². The zero-order valence-electron chi connectivity index (χ0n) is 12.6. The molecule has 2 amide bonds. The van der Waals surface area contributed by atoms with Gasteiger partial charge in [-0.2, -0.15) is 5.26 Å². The topological polar surface area (TPSA) is 108 Å². The van der Waals surface area contributed by atoms with Crippen molar-refractivity contribution in [3.63, 3.8) is 0 Å². The summed E-state index contributed by atoms with van der Waals surface area (Å²) in [5, 5.41) is 11.7. The second-order valence-corrected chi connectivity index (χ2v) is 5.21. The van der Waals surface area contributed by atoms with Crippen molar-refractivity contribution in [2.24, 2.45) is 5.73 Å². The molecule has 0 atom stereocenters. The molecular formula is C15H17BrN4O3. The minimum atomic E-state index is -0.665. The molecule has 1 rings (SSSR count). The van der Waals surface area contributed by atoms with E-state index in [9.17, 15) is 9.59 Å². The van der Waals surface area contributed by atoms with Crippen LogP contribution in [0.5, 0.6) is 0 Å². The Morgan fingerprint density at radius 1 is 1.43 bits per heavy atom. The molecule has 0 unspecified atom stereocenters. The third-order valence-electron chi connectivity index (χ3n) is 2.62. The maximum atomic E-state index is 12.1. The number of nitrogens with zero attached hydrogens (tertiary/aromatic N) is 2. The monoisotopic (exact) mass is 380 g/mol. The highest BCUT2D eigenvalue weighted by atomic mass is 79.9. The van der Waals surface area contributed by atoms with E-state index in [0.29, 0.717) is 5.69 Å². The highest BCUT2D eigenvalue weighted by Gasteiger charge is 2.16. The Kier molecular flexibility index (Phi) is 7.80. The maximum Gasteiger partial charge on any atom is 0.413 e. The van der Waals surface area contributed by atoms with Crippen LogP contribution < -0.4 is 11.1 Å². The quantitative estimate of drug-likeness (QED) is 0.580. The highest BCUT2D eigenvalue weighted by molar-refractivity contribution is 9.10. The Morgan fingerprint density at radius 2 is 2.09 bits per heavy atom. The van der Waals surface area contributed by atoms with Crippen molar-refractivity contribution in [2.45, 2.75) is 6.92 Å². The molecule has 0 heterocycles. The minimum Gasteiger partial charge on any atom is -0.449 e. The Labute approximate surface area is 142 Å². The van der Waals surface area contributed by atoms with E-state index in [1.54, 1.807) is 37.3 Å². The number of amides is 2. The molecular weight excluding hydrogens is 364 g/mol.